The number of nitrogens with one attached hydrogen (secondary N) is 1. The molecule has 0 aliphatic carbocycles. The van der Waals surface area contributed by atoms with Crippen molar-refractivity contribution in [3.8, 4) is 0 Å². The van der Waals surface area contributed by atoms with Gasteiger partial charge in [-0.05, 0) is 6.42 Å². The Labute approximate surface area is 75.0 Å². The Morgan fingerprint density at radius 3 is 2.62 bits per heavy atom. The van der Waals surface area contributed by atoms with Crippen LogP contribution in [-0.4, -0.2) is 36.2 Å². The standard InChI is InChI=1S/C6H13N3O4/c7-4(6(11)12)1-2-9-5(10)3-13-8/h4H,1-3,7-8H2,(H,9,10)(H,11,12)/t4-/m0/s1. The van der Waals surface area contributed by atoms with Crippen molar-refractivity contribution in [2.75, 3.05) is 13.2 Å². The van der Waals surface area contributed by atoms with Gasteiger partial charge in [0, 0.05) is 6.54 Å². The lowest BCUT2D eigenvalue weighted by Crippen LogP contribution is -2.36. The molecule has 76 valence electrons. The predicted molar refractivity (Wildman–Crippen MR) is 43.4 cm³/mol. The summed E-state index contributed by atoms with van der Waals surface area (Å²) < 4.78 is 0. The van der Waals surface area contributed by atoms with Crippen LogP contribution < -0.4 is 16.9 Å². The lowest BCUT2D eigenvalue weighted by atomic mass is 10.2. The fourth-order valence-corrected chi connectivity index (χ4v) is 0.617. The second kappa shape index (κ2) is 6.35. The Kier molecular flexibility index (Phi) is 5.77. The van der Waals surface area contributed by atoms with Gasteiger partial charge in [-0.2, -0.15) is 0 Å². The van der Waals surface area contributed by atoms with Gasteiger partial charge in [0.1, 0.15) is 12.6 Å². The van der Waals surface area contributed by atoms with E-state index >= 15 is 0 Å². The molecule has 0 heterocycles. The van der Waals surface area contributed by atoms with E-state index in [4.69, 9.17) is 10.8 Å². The summed E-state index contributed by atoms with van der Waals surface area (Å²) in [6.45, 7) is -0.0576. The predicted octanol–water partition coefficient (Wildman–Crippen LogP) is -2.21. The molecule has 7 nitrogen and oxygen atoms in total. The molecule has 6 N–H and O–H groups in total. The van der Waals surface area contributed by atoms with Gasteiger partial charge in [-0.1, -0.05) is 0 Å². The van der Waals surface area contributed by atoms with Gasteiger partial charge in [0.05, 0.1) is 0 Å². The zero-order valence-electron chi connectivity index (χ0n) is 7.03. The summed E-state index contributed by atoms with van der Waals surface area (Å²) in [6.07, 6.45) is 0.172. The highest BCUT2D eigenvalue weighted by molar-refractivity contribution is 5.77. The first-order valence-corrected chi connectivity index (χ1v) is 3.64. The summed E-state index contributed by atoms with van der Waals surface area (Å²) in [5.74, 6) is 3.13. The molecule has 0 spiro atoms. The molecule has 0 aromatic rings. The highest BCUT2D eigenvalue weighted by Crippen LogP contribution is 1.85. The van der Waals surface area contributed by atoms with E-state index in [2.05, 4.69) is 16.1 Å². The van der Waals surface area contributed by atoms with Crippen LogP contribution in [0.25, 0.3) is 0 Å². The molecule has 0 aliphatic heterocycles. The number of rotatable bonds is 6. The quantitative estimate of drug-likeness (QED) is 0.352. The normalized spacial score (nSPS) is 12.2. The van der Waals surface area contributed by atoms with Gasteiger partial charge in [0.25, 0.3) is 0 Å². The Hall–Kier alpha value is -1.18. The average Bonchev–Trinajstić information content (AvgIpc) is 2.04. The van der Waals surface area contributed by atoms with Gasteiger partial charge in [-0.15, -0.1) is 0 Å². The molecule has 0 aromatic heterocycles. The van der Waals surface area contributed by atoms with Crippen LogP contribution in [-0.2, 0) is 14.4 Å². The van der Waals surface area contributed by atoms with Crippen LogP contribution in [0.5, 0.6) is 0 Å². The number of carboxylic acids is 1. The second-order valence-corrected chi connectivity index (χ2v) is 2.39. The lowest BCUT2D eigenvalue weighted by molar-refractivity contribution is -0.138. The smallest absolute Gasteiger partial charge is 0.320 e. The van der Waals surface area contributed by atoms with E-state index < -0.39 is 17.9 Å². The van der Waals surface area contributed by atoms with Crippen LogP contribution in [0.2, 0.25) is 0 Å². The van der Waals surface area contributed by atoms with Crippen molar-refractivity contribution in [1.29, 1.82) is 0 Å². The van der Waals surface area contributed by atoms with Crippen molar-refractivity contribution in [1.82, 2.24) is 5.32 Å². The van der Waals surface area contributed by atoms with Gasteiger partial charge >= 0.3 is 5.97 Å². The topological polar surface area (TPSA) is 128 Å². The van der Waals surface area contributed by atoms with Gasteiger partial charge < -0.3 is 16.2 Å². The number of carbonyl (C=O) groups excluding carboxylic acids is 1. The number of aliphatic carboxylic acids is 1. The van der Waals surface area contributed by atoms with Crippen LogP contribution in [0.4, 0.5) is 0 Å². The Bertz CT molecular complexity index is 185. The lowest BCUT2D eigenvalue weighted by Gasteiger charge is -2.06. The van der Waals surface area contributed by atoms with Crippen molar-refractivity contribution in [3.05, 3.63) is 0 Å². The van der Waals surface area contributed by atoms with Gasteiger partial charge in [-0.3, -0.25) is 14.4 Å². The van der Waals surface area contributed by atoms with Crippen LogP contribution in [0.3, 0.4) is 0 Å². The van der Waals surface area contributed by atoms with E-state index in [1.165, 1.54) is 0 Å². The third-order valence-electron chi connectivity index (χ3n) is 1.31. The van der Waals surface area contributed by atoms with Crippen molar-refractivity contribution >= 4 is 11.9 Å². The highest BCUT2D eigenvalue weighted by Gasteiger charge is 2.10. The number of hydrogen-bond donors (Lipinski definition) is 4. The fraction of sp³-hybridized carbons (Fsp3) is 0.667. The van der Waals surface area contributed by atoms with Crippen LogP contribution in [0, 0.1) is 0 Å². The Balaban J connectivity index is 3.44. The molecule has 1 amide bonds. The van der Waals surface area contributed by atoms with E-state index in [0.717, 1.165) is 0 Å². The molecular formula is C6H13N3O4. The molecule has 0 unspecified atom stereocenters. The van der Waals surface area contributed by atoms with E-state index in [1.807, 2.05) is 0 Å². The maximum atomic E-state index is 10.7. The molecule has 0 saturated carbocycles. The van der Waals surface area contributed by atoms with Crippen LogP contribution in [0.15, 0.2) is 0 Å². The van der Waals surface area contributed by atoms with E-state index in [1.54, 1.807) is 0 Å². The van der Waals surface area contributed by atoms with Crippen molar-refractivity contribution in [2.24, 2.45) is 11.6 Å². The van der Waals surface area contributed by atoms with Crippen molar-refractivity contribution in [2.45, 2.75) is 12.5 Å². The minimum atomic E-state index is -1.09. The number of nitrogens with two attached hydrogens (primary N) is 2. The van der Waals surface area contributed by atoms with Gasteiger partial charge in [-0.25, -0.2) is 5.90 Å². The first-order chi connectivity index (χ1) is 6.07. The molecule has 0 saturated heterocycles. The van der Waals surface area contributed by atoms with E-state index in [0.29, 0.717) is 0 Å². The summed E-state index contributed by atoms with van der Waals surface area (Å²) in [5.41, 5.74) is 5.17. The zero-order chi connectivity index (χ0) is 10.3. The highest BCUT2D eigenvalue weighted by atomic mass is 16.6. The average molecular weight is 191 g/mol. The second-order valence-electron chi connectivity index (χ2n) is 2.39. The first-order valence-electron chi connectivity index (χ1n) is 3.64. The number of carbonyl (C=O) groups is 2. The molecule has 0 radical (unpaired) electrons. The van der Waals surface area contributed by atoms with E-state index in [9.17, 15) is 9.59 Å². The molecule has 0 aliphatic rings. The third kappa shape index (κ3) is 6.02. The van der Waals surface area contributed by atoms with Crippen LogP contribution in [0.1, 0.15) is 6.42 Å². The SMILES string of the molecule is NOCC(=O)NCC[C@H](N)C(=O)O. The first kappa shape index (κ1) is 11.8. The monoisotopic (exact) mass is 191 g/mol. The molecule has 0 fully saturated rings. The number of hydrogen-bond acceptors (Lipinski definition) is 5. The van der Waals surface area contributed by atoms with Gasteiger partial charge in [0.15, 0.2) is 0 Å². The number of carboxylic acid groups (broad SMARTS) is 1. The molecule has 0 bridgehead atoms. The molecule has 0 aromatic carbocycles. The molecule has 13 heavy (non-hydrogen) atoms. The molecule has 1 atom stereocenters. The van der Waals surface area contributed by atoms with Crippen molar-refractivity contribution < 1.29 is 19.5 Å². The Morgan fingerprint density at radius 2 is 2.15 bits per heavy atom. The molecule has 0 rings (SSSR count). The zero-order valence-corrected chi connectivity index (χ0v) is 7.03. The van der Waals surface area contributed by atoms with Crippen LogP contribution >= 0.6 is 0 Å². The molecule has 7 heteroatoms. The number of amides is 1. The summed E-state index contributed by atoms with van der Waals surface area (Å²) in [5, 5.41) is 10.8. The van der Waals surface area contributed by atoms with Crippen molar-refractivity contribution in [3.63, 3.8) is 0 Å². The minimum absolute atomic E-state index is 0.172. The summed E-state index contributed by atoms with van der Waals surface area (Å²) in [6, 6.07) is -0.959. The van der Waals surface area contributed by atoms with E-state index in [-0.39, 0.29) is 19.6 Å². The largest absolute Gasteiger partial charge is 0.480 e. The third-order valence-corrected chi connectivity index (χ3v) is 1.31. The summed E-state index contributed by atoms with van der Waals surface area (Å²) in [7, 11) is 0. The molecular weight excluding hydrogens is 178 g/mol. The summed E-state index contributed by atoms with van der Waals surface area (Å²) in [4.78, 5) is 25.0. The fourth-order valence-electron chi connectivity index (χ4n) is 0.617. The van der Waals surface area contributed by atoms with Gasteiger partial charge in [0.2, 0.25) is 5.91 Å². The summed E-state index contributed by atoms with van der Waals surface area (Å²) >= 11 is 0. The maximum Gasteiger partial charge on any atom is 0.320 e. The maximum absolute atomic E-state index is 10.7. The minimum Gasteiger partial charge on any atom is -0.480 e. The Morgan fingerprint density at radius 1 is 1.54 bits per heavy atom.